The van der Waals surface area contributed by atoms with Gasteiger partial charge in [-0.05, 0) is 42.5 Å². The Bertz CT molecular complexity index is 1710. The summed E-state index contributed by atoms with van der Waals surface area (Å²) < 4.78 is 51.4. The van der Waals surface area contributed by atoms with Crippen LogP contribution < -0.4 is 25.4 Å². The molecule has 39 heavy (non-hydrogen) atoms. The van der Waals surface area contributed by atoms with Gasteiger partial charge in [0.15, 0.2) is 16.6 Å². The summed E-state index contributed by atoms with van der Waals surface area (Å²) in [5.74, 6) is 1.55. The molecule has 0 aliphatic heterocycles. The van der Waals surface area contributed by atoms with Crippen LogP contribution in [0.25, 0.3) is 21.1 Å². The molecule has 14 heteroatoms. The molecule has 0 unspecified atom stereocenters. The first kappa shape index (κ1) is 26.3. The average molecular weight is 575 g/mol. The smallest absolute Gasteiger partial charge is 0.418 e. The van der Waals surface area contributed by atoms with Gasteiger partial charge in [-0.2, -0.15) is 13.2 Å². The zero-order valence-electron chi connectivity index (χ0n) is 20.2. The number of alkyl halides is 3. The first-order valence-corrected chi connectivity index (χ1v) is 12.3. The summed E-state index contributed by atoms with van der Waals surface area (Å²) in [5.41, 5.74) is 0.177. The SMILES string of the molecule is COc1cc2ncnc(Nc3nc4ccc(NC(=O)Nc5ccc(Cl)cc5C(F)(F)F)cc4s3)c2cc1OC. The summed E-state index contributed by atoms with van der Waals surface area (Å²) in [6.07, 6.45) is -3.28. The molecule has 9 nitrogen and oxygen atoms in total. The number of nitrogens with one attached hydrogen (secondary N) is 3. The predicted octanol–water partition coefficient (Wildman–Crippen LogP) is 7.32. The summed E-state index contributed by atoms with van der Waals surface area (Å²) in [7, 11) is 3.07. The van der Waals surface area contributed by atoms with Crippen LogP contribution >= 0.6 is 22.9 Å². The van der Waals surface area contributed by atoms with Gasteiger partial charge < -0.3 is 25.4 Å². The Hall–Kier alpha value is -4.36. The third-order valence-electron chi connectivity index (χ3n) is 5.55. The van der Waals surface area contributed by atoms with Crippen LogP contribution in [0.1, 0.15) is 5.56 Å². The third-order valence-corrected chi connectivity index (χ3v) is 6.72. The molecule has 5 aromatic rings. The van der Waals surface area contributed by atoms with E-state index >= 15 is 0 Å². The molecule has 0 aliphatic carbocycles. The number of halogens is 4. The number of hydrogen-bond acceptors (Lipinski definition) is 8. The van der Waals surface area contributed by atoms with E-state index in [1.165, 1.54) is 38.0 Å². The number of ether oxygens (including phenoxy) is 2. The zero-order valence-corrected chi connectivity index (χ0v) is 21.8. The van der Waals surface area contributed by atoms with Crippen LogP contribution in [0.15, 0.2) is 54.9 Å². The minimum Gasteiger partial charge on any atom is -0.493 e. The Morgan fingerprint density at radius 3 is 2.46 bits per heavy atom. The van der Waals surface area contributed by atoms with Gasteiger partial charge in [-0.15, -0.1) is 0 Å². The number of rotatable bonds is 6. The van der Waals surface area contributed by atoms with Gasteiger partial charge in [-0.3, -0.25) is 0 Å². The van der Waals surface area contributed by atoms with Crippen molar-refractivity contribution in [3.63, 3.8) is 0 Å². The van der Waals surface area contributed by atoms with E-state index in [0.29, 0.717) is 44.6 Å². The molecule has 2 heterocycles. The molecule has 0 spiro atoms. The fraction of sp³-hybridized carbons (Fsp3) is 0.120. The van der Waals surface area contributed by atoms with Gasteiger partial charge in [-0.1, -0.05) is 22.9 Å². The van der Waals surface area contributed by atoms with Gasteiger partial charge in [0.25, 0.3) is 0 Å². The van der Waals surface area contributed by atoms with Crippen molar-refractivity contribution in [2.24, 2.45) is 0 Å². The van der Waals surface area contributed by atoms with Crippen LogP contribution in [-0.2, 0) is 6.18 Å². The molecule has 0 radical (unpaired) electrons. The van der Waals surface area contributed by atoms with Crippen LogP contribution in [0.5, 0.6) is 11.5 Å². The summed E-state index contributed by atoms with van der Waals surface area (Å²) in [6.45, 7) is 0. The van der Waals surface area contributed by atoms with Gasteiger partial charge >= 0.3 is 12.2 Å². The van der Waals surface area contributed by atoms with Gasteiger partial charge in [-0.25, -0.2) is 19.7 Å². The van der Waals surface area contributed by atoms with E-state index in [2.05, 4.69) is 30.9 Å². The second-order valence-electron chi connectivity index (χ2n) is 8.04. The monoisotopic (exact) mass is 574 g/mol. The maximum absolute atomic E-state index is 13.3. The second kappa shape index (κ2) is 10.4. The van der Waals surface area contributed by atoms with Crippen molar-refractivity contribution in [1.82, 2.24) is 15.0 Å². The van der Waals surface area contributed by atoms with E-state index in [9.17, 15) is 18.0 Å². The van der Waals surface area contributed by atoms with Crippen molar-refractivity contribution in [3.8, 4) is 11.5 Å². The topological polar surface area (TPSA) is 110 Å². The molecular weight excluding hydrogens is 557 g/mol. The lowest BCUT2D eigenvalue weighted by Crippen LogP contribution is -2.21. The molecule has 3 aromatic carbocycles. The Balaban J connectivity index is 1.36. The summed E-state index contributed by atoms with van der Waals surface area (Å²) in [5, 5.41) is 9.08. The number of hydrogen-bond donors (Lipinski definition) is 3. The summed E-state index contributed by atoms with van der Waals surface area (Å²) in [6, 6.07) is 10.7. The van der Waals surface area contributed by atoms with Gasteiger partial charge in [0, 0.05) is 22.2 Å². The number of methoxy groups -OCH3 is 2. The molecule has 2 aromatic heterocycles. The average Bonchev–Trinajstić information content (AvgIpc) is 3.30. The molecule has 0 bridgehead atoms. The third kappa shape index (κ3) is 5.59. The number of urea groups is 1. The van der Waals surface area contributed by atoms with E-state index in [0.717, 1.165) is 16.8 Å². The molecule has 0 saturated carbocycles. The second-order valence-corrected chi connectivity index (χ2v) is 9.51. The molecule has 0 aliphatic rings. The fourth-order valence-corrected chi connectivity index (χ4v) is 4.86. The molecule has 2 amide bonds. The minimum atomic E-state index is -4.69. The van der Waals surface area contributed by atoms with Crippen molar-refractivity contribution in [2.75, 3.05) is 30.2 Å². The number of amides is 2. The lowest BCUT2D eigenvalue weighted by Gasteiger charge is -2.14. The van der Waals surface area contributed by atoms with Crippen LogP contribution in [0.2, 0.25) is 5.02 Å². The van der Waals surface area contributed by atoms with Gasteiger partial charge in [0.1, 0.15) is 12.1 Å². The Labute approximate surface area is 228 Å². The number of nitrogens with zero attached hydrogens (tertiary/aromatic N) is 3. The van der Waals surface area contributed by atoms with Crippen molar-refractivity contribution in [2.45, 2.75) is 6.18 Å². The van der Waals surface area contributed by atoms with E-state index < -0.39 is 23.5 Å². The highest BCUT2D eigenvalue weighted by atomic mass is 35.5. The number of carbonyl (C=O) groups excluding carboxylic acids is 1. The fourth-order valence-electron chi connectivity index (χ4n) is 3.78. The first-order valence-electron chi connectivity index (χ1n) is 11.1. The molecular formula is C25H18ClF3N6O3S. The highest BCUT2D eigenvalue weighted by Gasteiger charge is 2.34. The zero-order chi connectivity index (χ0) is 27.7. The molecule has 0 saturated heterocycles. The largest absolute Gasteiger partial charge is 0.493 e. The van der Waals surface area contributed by atoms with Crippen LogP contribution in [0.4, 0.5) is 40.3 Å². The van der Waals surface area contributed by atoms with Crippen molar-refractivity contribution in [1.29, 1.82) is 0 Å². The minimum absolute atomic E-state index is 0.0952. The van der Waals surface area contributed by atoms with Crippen molar-refractivity contribution in [3.05, 3.63) is 65.4 Å². The molecule has 200 valence electrons. The van der Waals surface area contributed by atoms with Crippen molar-refractivity contribution >= 4 is 72.4 Å². The van der Waals surface area contributed by atoms with Crippen molar-refractivity contribution < 1.29 is 27.4 Å². The Morgan fingerprint density at radius 1 is 0.949 bits per heavy atom. The Kier molecular flexibility index (Phi) is 7.02. The van der Waals surface area contributed by atoms with Gasteiger partial charge in [0.2, 0.25) is 0 Å². The van der Waals surface area contributed by atoms with E-state index in [4.69, 9.17) is 21.1 Å². The molecule has 5 rings (SSSR count). The highest BCUT2D eigenvalue weighted by Crippen LogP contribution is 2.38. The standard InChI is InChI=1S/C25H18ClF3N6O3S/c1-37-19-9-14-18(10-20(19)38-2)30-11-31-22(14)35-24-34-17-6-4-13(8-21(17)39-24)32-23(36)33-16-5-3-12(26)7-15(16)25(27,28)29/h3-11H,1-2H3,(H2,32,33,36)(H,30,31,34,35). The number of carbonyl (C=O) groups is 1. The predicted molar refractivity (Wildman–Crippen MR) is 145 cm³/mol. The van der Waals surface area contributed by atoms with E-state index in [-0.39, 0.29) is 5.02 Å². The number of benzene rings is 3. The van der Waals surface area contributed by atoms with Crippen LogP contribution in [-0.4, -0.2) is 35.2 Å². The van der Waals surface area contributed by atoms with E-state index in [1.807, 2.05) is 0 Å². The van der Waals surface area contributed by atoms with Crippen LogP contribution in [0.3, 0.4) is 0 Å². The highest BCUT2D eigenvalue weighted by molar-refractivity contribution is 7.22. The number of thiazole rings is 1. The maximum atomic E-state index is 13.3. The summed E-state index contributed by atoms with van der Waals surface area (Å²) in [4.78, 5) is 25.6. The quantitative estimate of drug-likeness (QED) is 0.195. The maximum Gasteiger partial charge on any atom is 0.418 e. The van der Waals surface area contributed by atoms with E-state index in [1.54, 1.807) is 30.3 Å². The van der Waals surface area contributed by atoms with Crippen LogP contribution in [0, 0.1) is 0 Å². The first-order chi connectivity index (χ1) is 18.6. The molecule has 3 N–H and O–H groups in total. The number of anilines is 4. The molecule has 0 fully saturated rings. The Morgan fingerprint density at radius 2 is 1.72 bits per heavy atom. The summed E-state index contributed by atoms with van der Waals surface area (Å²) >= 11 is 6.99. The number of fused-ring (bicyclic) bond motifs is 2. The normalized spacial score (nSPS) is 11.4. The lowest BCUT2D eigenvalue weighted by atomic mass is 10.1. The number of aromatic nitrogens is 3. The van der Waals surface area contributed by atoms with Gasteiger partial charge in [0.05, 0.1) is 41.2 Å². The molecule has 0 atom stereocenters. The lowest BCUT2D eigenvalue weighted by molar-refractivity contribution is -0.136.